The van der Waals surface area contributed by atoms with E-state index in [1.54, 1.807) is 0 Å². The maximum atomic E-state index is 11.2. The van der Waals surface area contributed by atoms with Crippen LogP contribution in [0.25, 0.3) is 0 Å². The van der Waals surface area contributed by atoms with Crippen molar-refractivity contribution in [2.24, 2.45) is 0 Å². The molecule has 0 radical (unpaired) electrons. The molecule has 1 aromatic rings. The second-order valence-corrected chi connectivity index (χ2v) is 4.76. The van der Waals surface area contributed by atoms with Gasteiger partial charge in [0.1, 0.15) is 12.2 Å². The van der Waals surface area contributed by atoms with Gasteiger partial charge in [-0.15, -0.1) is 0 Å². The molecule has 102 valence electrons. The molecule has 0 fully saturated rings. The molecule has 1 aromatic carbocycles. The molecule has 0 aromatic heterocycles. The monoisotopic (exact) mass is 262 g/mol. The van der Waals surface area contributed by atoms with Crippen LogP contribution in [0, 0.1) is 0 Å². The first-order chi connectivity index (χ1) is 9.08. The fraction of sp³-hybridized carbons (Fsp3) is 0.467. The second kappa shape index (κ2) is 5.87. The lowest BCUT2D eigenvalue weighted by molar-refractivity contribution is -0.148. The third-order valence-electron chi connectivity index (χ3n) is 3.24. The molecule has 19 heavy (non-hydrogen) atoms. The summed E-state index contributed by atoms with van der Waals surface area (Å²) in [6.07, 6.45) is 1.89. The van der Waals surface area contributed by atoms with Crippen molar-refractivity contribution in [1.82, 2.24) is 0 Å². The minimum Gasteiger partial charge on any atom is -0.458 e. The van der Waals surface area contributed by atoms with E-state index in [9.17, 15) is 9.59 Å². The van der Waals surface area contributed by atoms with Gasteiger partial charge in [0.05, 0.1) is 0 Å². The first-order valence-corrected chi connectivity index (χ1v) is 6.51. The zero-order chi connectivity index (χ0) is 13.8. The van der Waals surface area contributed by atoms with Crippen LogP contribution >= 0.6 is 0 Å². The highest BCUT2D eigenvalue weighted by Gasteiger charge is 2.27. The highest BCUT2D eigenvalue weighted by Crippen LogP contribution is 2.38. The molecule has 0 N–H and O–H groups in total. The molecule has 1 aliphatic carbocycles. The quantitative estimate of drug-likeness (QED) is 0.607. The summed E-state index contributed by atoms with van der Waals surface area (Å²) >= 11 is 0. The van der Waals surface area contributed by atoms with E-state index in [0.717, 1.165) is 30.4 Å². The number of carbonyl (C=O) groups excluding carboxylic acids is 2. The lowest BCUT2D eigenvalue weighted by Gasteiger charge is -2.20. The molecule has 0 spiro atoms. The molecule has 2 rings (SSSR count). The predicted octanol–water partition coefficient (Wildman–Crippen LogP) is 3.08. The first-order valence-electron chi connectivity index (χ1n) is 6.51. The lowest BCUT2D eigenvalue weighted by atomic mass is 9.99. The van der Waals surface area contributed by atoms with Crippen LogP contribution in [-0.2, 0) is 19.1 Å². The van der Waals surface area contributed by atoms with Crippen LogP contribution in [0.1, 0.15) is 56.4 Å². The number of carbonyl (C=O) groups is 2. The Morgan fingerprint density at radius 2 is 1.37 bits per heavy atom. The van der Waals surface area contributed by atoms with Gasteiger partial charge in [0, 0.05) is 13.8 Å². The minimum atomic E-state index is -0.286. The number of rotatable bonds is 2. The van der Waals surface area contributed by atoms with Gasteiger partial charge < -0.3 is 9.47 Å². The molecular weight excluding hydrogens is 244 g/mol. The predicted molar refractivity (Wildman–Crippen MR) is 69.3 cm³/mol. The van der Waals surface area contributed by atoms with Gasteiger partial charge in [-0.25, -0.2) is 0 Å². The Morgan fingerprint density at radius 1 is 0.947 bits per heavy atom. The van der Waals surface area contributed by atoms with Crippen molar-refractivity contribution < 1.29 is 19.1 Å². The normalized spacial score (nSPS) is 22.0. The highest BCUT2D eigenvalue weighted by molar-refractivity contribution is 5.67. The van der Waals surface area contributed by atoms with E-state index in [2.05, 4.69) is 0 Å². The second-order valence-electron chi connectivity index (χ2n) is 4.76. The van der Waals surface area contributed by atoms with Crippen molar-refractivity contribution in [3.63, 3.8) is 0 Å². The Labute approximate surface area is 112 Å². The average Bonchev–Trinajstić information content (AvgIpc) is 2.50. The Hall–Kier alpha value is -1.84. The number of hydrogen-bond acceptors (Lipinski definition) is 4. The van der Waals surface area contributed by atoms with Crippen molar-refractivity contribution in [2.75, 3.05) is 0 Å². The smallest absolute Gasteiger partial charge is 0.303 e. The van der Waals surface area contributed by atoms with Crippen molar-refractivity contribution in [2.45, 2.75) is 45.3 Å². The van der Waals surface area contributed by atoms with E-state index in [0.29, 0.717) is 0 Å². The van der Waals surface area contributed by atoms with E-state index in [1.165, 1.54) is 13.8 Å². The van der Waals surface area contributed by atoms with E-state index >= 15 is 0 Å². The molecule has 0 saturated carbocycles. The Morgan fingerprint density at radius 3 is 1.74 bits per heavy atom. The summed E-state index contributed by atoms with van der Waals surface area (Å²) in [5.74, 6) is -0.573. The van der Waals surface area contributed by atoms with E-state index in [1.807, 2.05) is 24.3 Å². The average molecular weight is 262 g/mol. The van der Waals surface area contributed by atoms with E-state index in [-0.39, 0.29) is 24.1 Å². The number of benzene rings is 1. The summed E-state index contributed by atoms with van der Waals surface area (Å²) in [6, 6.07) is 7.69. The molecule has 2 atom stereocenters. The summed E-state index contributed by atoms with van der Waals surface area (Å²) in [5, 5.41) is 0. The van der Waals surface area contributed by atoms with Gasteiger partial charge in [-0.1, -0.05) is 24.3 Å². The Bertz CT molecular complexity index is 438. The number of hydrogen-bond donors (Lipinski definition) is 0. The van der Waals surface area contributed by atoms with Gasteiger partial charge in [-0.3, -0.25) is 9.59 Å². The number of esters is 2. The van der Waals surface area contributed by atoms with Crippen LogP contribution in [0.15, 0.2) is 24.3 Å². The maximum absolute atomic E-state index is 11.2. The SMILES string of the molecule is CC(=O)O[C@@H]1CCC[C@@H](OC(C)=O)c2ccccc21. The third-order valence-corrected chi connectivity index (χ3v) is 3.24. The summed E-state index contributed by atoms with van der Waals surface area (Å²) in [6.45, 7) is 2.83. The molecule has 0 amide bonds. The van der Waals surface area contributed by atoms with Crippen molar-refractivity contribution in [3.8, 4) is 0 Å². The molecule has 0 heterocycles. The van der Waals surface area contributed by atoms with Crippen LogP contribution in [0.2, 0.25) is 0 Å². The number of fused-ring (bicyclic) bond motifs is 1. The van der Waals surface area contributed by atoms with Gasteiger partial charge in [0.15, 0.2) is 0 Å². The van der Waals surface area contributed by atoms with Gasteiger partial charge >= 0.3 is 11.9 Å². The van der Waals surface area contributed by atoms with Crippen molar-refractivity contribution in [3.05, 3.63) is 35.4 Å². The summed E-state index contributed by atoms with van der Waals surface area (Å²) < 4.78 is 10.7. The van der Waals surface area contributed by atoms with Crippen LogP contribution in [0.5, 0.6) is 0 Å². The van der Waals surface area contributed by atoms with E-state index < -0.39 is 0 Å². The zero-order valence-corrected chi connectivity index (χ0v) is 11.2. The van der Waals surface area contributed by atoms with Gasteiger partial charge in [0.25, 0.3) is 0 Å². The van der Waals surface area contributed by atoms with Crippen molar-refractivity contribution in [1.29, 1.82) is 0 Å². The number of ether oxygens (including phenoxy) is 2. The Balaban J connectivity index is 2.33. The zero-order valence-electron chi connectivity index (χ0n) is 11.2. The fourth-order valence-electron chi connectivity index (χ4n) is 2.54. The van der Waals surface area contributed by atoms with Gasteiger partial charge in [-0.05, 0) is 30.4 Å². The molecule has 4 nitrogen and oxygen atoms in total. The van der Waals surface area contributed by atoms with E-state index in [4.69, 9.17) is 9.47 Å². The summed E-state index contributed by atoms with van der Waals surface area (Å²) in [7, 11) is 0. The Kier molecular flexibility index (Phi) is 4.20. The van der Waals surface area contributed by atoms with Crippen LogP contribution < -0.4 is 0 Å². The van der Waals surface area contributed by atoms with Crippen LogP contribution in [0.4, 0.5) is 0 Å². The van der Waals surface area contributed by atoms with Gasteiger partial charge in [0.2, 0.25) is 0 Å². The van der Waals surface area contributed by atoms with Crippen LogP contribution in [0.3, 0.4) is 0 Å². The molecule has 0 bridgehead atoms. The highest BCUT2D eigenvalue weighted by atomic mass is 16.5. The molecule has 0 saturated heterocycles. The third kappa shape index (κ3) is 3.34. The standard InChI is InChI=1S/C15H18O4/c1-10(16)18-14-8-5-9-15(19-11(2)17)13-7-4-3-6-12(13)14/h3-4,6-7,14-15H,5,8-9H2,1-2H3/t14-,15-/m1/s1. The minimum absolute atomic E-state index is 0.241. The fourth-order valence-corrected chi connectivity index (χ4v) is 2.54. The molecule has 4 heteroatoms. The summed E-state index contributed by atoms with van der Waals surface area (Å²) in [4.78, 5) is 22.4. The molecular formula is C15H18O4. The topological polar surface area (TPSA) is 52.6 Å². The summed E-state index contributed by atoms with van der Waals surface area (Å²) in [5.41, 5.74) is 1.89. The van der Waals surface area contributed by atoms with Crippen LogP contribution in [-0.4, -0.2) is 11.9 Å². The van der Waals surface area contributed by atoms with Crippen molar-refractivity contribution >= 4 is 11.9 Å². The first kappa shape index (κ1) is 13.6. The maximum Gasteiger partial charge on any atom is 0.303 e. The largest absolute Gasteiger partial charge is 0.458 e. The lowest BCUT2D eigenvalue weighted by Crippen LogP contribution is -2.11. The molecule has 0 aliphatic heterocycles. The molecule has 1 aliphatic rings. The van der Waals surface area contributed by atoms with Gasteiger partial charge in [-0.2, -0.15) is 0 Å². The molecule has 0 unspecified atom stereocenters.